The van der Waals surface area contributed by atoms with Crippen molar-refractivity contribution in [2.24, 2.45) is 5.92 Å². The number of likely N-dealkylation sites (tertiary alicyclic amines) is 1. The molecule has 8 heteroatoms. The summed E-state index contributed by atoms with van der Waals surface area (Å²) in [5.74, 6) is 1.01. The molecule has 1 unspecified atom stereocenters. The third kappa shape index (κ3) is 3.75. The number of anilines is 1. The Morgan fingerprint density at radius 1 is 1.20 bits per heavy atom. The van der Waals surface area contributed by atoms with Gasteiger partial charge in [0.05, 0.1) is 22.8 Å². The number of benzene rings is 1. The van der Waals surface area contributed by atoms with Crippen LogP contribution >= 0.6 is 11.6 Å². The van der Waals surface area contributed by atoms with Gasteiger partial charge in [0.15, 0.2) is 0 Å². The lowest BCUT2D eigenvalue weighted by atomic mass is 10.0. The topological polar surface area (TPSA) is 85.9 Å². The van der Waals surface area contributed by atoms with Gasteiger partial charge in [0, 0.05) is 48.3 Å². The number of hydrogen-bond donors (Lipinski definition) is 3. The van der Waals surface area contributed by atoms with E-state index in [9.17, 15) is 4.79 Å². The van der Waals surface area contributed by atoms with Gasteiger partial charge in [0.25, 0.3) is 0 Å². The van der Waals surface area contributed by atoms with Crippen LogP contribution < -0.4 is 10.6 Å². The van der Waals surface area contributed by atoms with Crippen LogP contribution in [0.3, 0.4) is 0 Å². The van der Waals surface area contributed by atoms with Crippen molar-refractivity contribution in [3.8, 4) is 11.3 Å². The molecule has 7 nitrogen and oxygen atoms in total. The second-order valence-corrected chi connectivity index (χ2v) is 8.48. The minimum Gasteiger partial charge on any atom is -0.360 e. The smallest absolute Gasteiger partial charge is 0.227 e. The maximum absolute atomic E-state index is 12.6. The molecule has 0 bridgehead atoms. The first-order valence-corrected chi connectivity index (χ1v) is 10.9. The fourth-order valence-electron chi connectivity index (χ4n) is 4.44. The van der Waals surface area contributed by atoms with E-state index >= 15 is 0 Å². The molecule has 3 N–H and O–H groups in total. The molecule has 2 fully saturated rings. The predicted molar refractivity (Wildman–Crippen MR) is 119 cm³/mol. The molecule has 1 aromatic carbocycles. The van der Waals surface area contributed by atoms with Gasteiger partial charge in [0.2, 0.25) is 11.9 Å². The van der Waals surface area contributed by atoms with E-state index in [0.717, 1.165) is 61.9 Å². The van der Waals surface area contributed by atoms with Crippen molar-refractivity contribution in [1.29, 1.82) is 0 Å². The number of piperidine rings is 1. The molecule has 0 aliphatic carbocycles. The standard InChI is InChI=1S/C22H25ClN6O/c23-18-13-26-22(28-20(18)17-12-25-19-4-2-1-3-16(17)19)27-15-6-9-29(10-7-15)21(30)14-5-8-24-11-14/h1-4,12-15,24-25H,5-11H2,(H,26,27,28). The van der Waals surface area contributed by atoms with Gasteiger partial charge >= 0.3 is 0 Å². The van der Waals surface area contributed by atoms with Crippen molar-refractivity contribution >= 4 is 34.4 Å². The monoisotopic (exact) mass is 424 g/mol. The van der Waals surface area contributed by atoms with E-state index in [4.69, 9.17) is 16.6 Å². The van der Waals surface area contributed by atoms with E-state index in [2.05, 4.69) is 26.7 Å². The third-order valence-corrected chi connectivity index (χ3v) is 6.41. The van der Waals surface area contributed by atoms with E-state index in [0.29, 0.717) is 22.6 Å². The number of nitrogens with zero attached hydrogens (tertiary/aromatic N) is 3. The van der Waals surface area contributed by atoms with Crippen LogP contribution in [0.15, 0.2) is 36.7 Å². The normalized spacial score (nSPS) is 20.0. The minimum absolute atomic E-state index is 0.146. The number of carbonyl (C=O) groups is 1. The van der Waals surface area contributed by atoms with Crippen LogP contribution in [0.25, 0.3) is 22.2 Å². The number of aromatic amines is 1. The summed E-state index contributed by atoms with van der Waals surface area (Å²) in [6.07, 6.45) is 6.32. The van der Waals surface area contributed by atoms with E-state index in [-0.39, 0.29) is 12.0 Å². The first kappa shape index (κ1) is 19.3. The van der Waals surface area contributed by atoms with Crippen molar-refractivity contribution in [1.82, 2.24) is 25.2 Å². The molecular weight excluding hydrogens is 400 g/mol. The highest BCUT2D eigenvalue weighted by molar-refractivity contribution is 6.33. The summed E-state index contributed by atoms with van der Waals surface area (Å²) in [5.41, 5.74) is 2.73. The molecule has 0 radical (unpaired) electrons. The first-order chi connectivity index (χ1) is 14.7. The van der Waals surface area contributed by atoms with Crippen molar-refractivity contribution < 1.29 is 4.79 Å². The van der Waals surface area contributed by atoms with Crippen LogP contribution in [0.5, 0.6) is 0 Å². The molecule has 156 valence electrons. The molecule has 1 amide bonds. The van der Waals surface area contributed by atoms with Gasteiger partial charge in [-0.2, -0.15) is 0 Å². The van der Waals surface area contributed by atoms with E-state index in [1.54, 1.807) is 6.20 Å². The molecule has 2 aliphatic heterocycles. The molecule has 4 heterocycles. The Bertz CT molecular complexity index is 1050. The van der Waals surface area contributed by atoms with Crippen LogP contribution in [0.2, 0.25) is 5.02 Å². The molecule has 0 spiro atoms. The SMILES string of the molecule is O=C(C1CCNC1)N1CCC(Nc2ncc(Cl)c(-c3c[nH]c4ccccc34)n2)CC1. The van der Waals surface area contributed by atoms with Crippen LogP contribution in [0.4, 0.5) is 5.95 Å². The predicted octanol–water partition coefficient (Wildman–Crippen LogP) is 3.29. The van der Waals surface area contributed by atoms with Crippen molar-refractivity contribution in [2.45, 2.75) is 25.3 Å². The number of para-hydroxylation sites is 1. The summed E-state index contributed by atoms with van der Waals surface area (Å²) in [6, 6.07) is 8.33. The molecule has 1 atom stereocenters. The molecule has 2 aliphatic rings. The molecule has 5 rings (SSSR count). The zero-order valence-electron chi connectivity index (χ0n) is 16.7. The average Bonchev–Trinajstić information content (AvgIpc) is 3.45. The quantitative estimate of drug-likeness (QED) is 0.598. The summed E-state index contributed by atoms with van der Waals surface area (Å²) in [6.45, 7) is 3.30. The Kier molecular flexibility index (Phi) is 5.31. The average molecular weight is 425 g/mol. The Balaban J connectivity index is 1.27. The van der Waals surface area contributed by atoms with Gasteiger partial charge in [-0.25, -0.2) is 9.97 Å². The number of halogens is 1. The van der Waals surface area contributed by atoms with E-state index in [1.165, 1.54) is 0 Å². The molecular formula is C22H25ClN6O. The minimum atomic E-state index is 0.146. The summed E-state index contributed by atoms with van der Waals surface area (Å²) in [4.78, 5) is 27.0. The van der Waals surface area contributed by atoms with Gasteiger partial charge in [-0.15, -0.1) is 0 Å². The number of fused-ring (bicyclic) bond motifs is 1. The van der Waals surface area contributed by atoms with E-state index in [1.807, 2.05) is 29.3 Å². The first-order valence-electron chi connectivity index (χ1n) is 10.5. The zero-order valence-corrected chi connectivity index (χ0v) is 17.5. The maximum atomic E-state index is 12.6. The van der Waals surface area contributed by atoms with E-state index < -0.39 is 0 Å². The lowest BCUT2D eigenvalue weighted by molar-refractivity contribution is -0.135. The number of hydrogen-bond acceptors (Lipinski definition) is 5. The fraction of sp³-hybridized carbons (Fsp3) is 0.409. The summed E-state index contributed by atoms with van der Waals surface area (Å²) < 4.78 is 0. The van der Waals surface area contributed by atoms with Crippen molar-refractivity contribution in [3.05, 3.63) is 41.7 Å². The highest BCUT2D eigenvalue weighted by Crippen LogP contribution is 2.32. The van der Waals surface area contributed by atoms with Gasteiger partial charge in [-0.1, -0.05) is 29.8 Å². The Labute approximate surface area is 180 Å². The largest absolute Gasteiger partial charge is 0.360 e. The van der Waals surface area contributed by atoms with Crippen LogP contribution in [-0.4, -0.2) is 58.0 Å². The molecule has 0 saturated carbocycles. The van der Waals surface area contributed by atoms with Crippen LogP contribution in [0, 0.1) is 5.92 Å². The number of amides is 1. The number of rotatable bonds is 4. The number of aromatic nitrogens is 3. The summed E-state index contributed by atoms with van der Waals surface area (Å²) in [5, 5.41) is 8.33. The highest BCUT2D eigenvalue weighted by Gasteiger charge is 2.30. The van der Waals surface area contributed by atoms with Crippen molar-refractivity contribution in [3.63, 3.8) is 0 Å². The zero-order chi connectivity index (χ0) is 20.5. The third-order valence-electron chi connectivity index (χ3n) is 6.14. The van der Waals surface area contributed by atoms with Crippen molar-refractivity contribution in [2.75, 3.05) is 31.5 Å². The van der Waals surface area contributed by atoms with Gasteiger partial charge < -0.3 is 20.5 Å². The molecule has 3 aromatic rings. The lowest BCUT2D eigenvalue weighted by Gasteiger charge is -2.33. The molecule has 2 aromatic heterocycles. The summed E-state index contributed by atoms with van der Waals surface area (Å²) >= 11 is 6.43. The second kappa shape index (κ2) is 8.24. The molecule has 2 saturated heterocycles. The van der Waals surface area contributed by atoms with Gasteiger partial charge in [0.1, 0.15) is 0 Å². The Hall–Kier alpha value is -2.64. The Morgan fingerprint density at radius 2 is 2.03 bits per heavy atom. The maximum Gasteiger partial charge on any atom is 0.227 e. The fourth-order valence-corrected chi connectivity index (χ4v) is 4.64. The van der Waals surface area contributed by atoms with Gasteiger partial charge in [-0.05, 0) is 31.9 Å². The van der Waals surface area contributed by atoms with Crippen LogP contribution in [-0.2, 0) is 4.79 Å². The number of H-pyrrole nitrogens is 1. The molecule has 30 heavy (non-hydrogen) atoms. The lowest BCUT2D eigenvalue weighted by Crippen LogP contribution is -2.45. The second-order valence-electron chi connectivity index (χ2n) is 8.07. The van der Waals surface area contributed by atoms with Crippen LogP contribution in [0.1, 0.15) is 19.3 Å². The highest BCUT2D eigenvalue weighted by atomic mass is 35.5. The number of nitrogens with one attached hydrogen (secondary N) is 3. The number of carbonyl (C=O) groups excluding carboxylic acids is 1. The summed E-state index contributed by atoms with van der Waals surface area (Å²) in [7, 11) is 0. The van der Waals surface area contributed by atoms with Gasteiger partial charge in [-0.3, -0.25) is 4.79 Å². The Morgan fingerprint density at radius 3 is 2.83 bits per heavy atom.